The molecule has 182 valence electrons. The van der Waals surface area contributed by atoms with Crippen LogP contribution in [0.15, 0.2) is 82.2 Å². The molecule has 9 heteroatoms. The molecule has 3 aromatic rings. The highest BCUT2D eigenvalue weighted by molar-refractivity contribution is 7.07. The second-order valence-electron chi connectivity index (χ2n) is 8.26. The van der Waals surface area contributed by atoms with Crippen LogP contribution in [0.3, 0.4) is 0 Å². The molecule has 2 aromatic carbocycles. The number of nitrogens with zero attached hydrogens (tertiary/aromatic N) is 3. The highest BCUT2D eigenvalue weighted by atomic mass is 32.1. The molecule has 1 amide bonds. The minimum atomic E-state index is -0.773. The highest BCUT2D eigenvalue weighted by Crippen LogP contribution is 2.35. The van der Waals surface area contributed by atoms with Crippen LogP contribution in [-0.4, -0.2) is 37.2 Å². The summed E-state index contributed by atoms with van der Waals surface area (Å²) in [5.74, 6) is -0.204. The van der Waals surface area contributed by atoms with Gasteiger partial charge in [-0.3, -0.25) is 14.2 Å². The second-order valence-corrected chi connectivity index (χ2v) is 9.24. The summed E-state index contributed by atoms with van der Waals surface area (Å²) in [6.45, 7) is 5.79. The first-order chi connectivity index (χ1) is 17.4. The number of anilines is 1. The lowest BCUT2D eigenvalue weighted by molar-refractivity contribution is -0.136. The number of amides is 1. The zero-order valence-corrected chi connectivity index (χ0v) is 20.8. The number of hydrogen-bond donors (Lipinski definition) is 0. The maximum Gasteiger partial charge on any atom is 0.338 e. The Labute approximate surface area is 210 Å². The van der Waals surface area contributed by atoms with E-state index in [-0.39, 0.29) is 16.0 Å². The van der Waals surface area contributed by atoms with E-state index < -0.39 is 17.6 Å². The highest BCUT2D eigenvalue weighted by Gasteiger charge is 2.36. The molecule has 0 saturated heterocycles. The van der Waals surface area contributed by atoms with Gasteiger partial charge in [-0.25, -0.2) is 9.79 Å². The quantitative estimate of drug-likeness (QED) is 0.395. The molecular weight excluding hydrogens is 478 g/mol. The number of aromatic nitrogens is 1. The largest absolute Gasteiger partial charge is 0.497 e. The van der Waals surface area contributed by atoms with Gasteiger partial charge in [0, 0.05) is 12.1 Å². The van der Waals surface area contributed by atoms with Crippen LogP contribution in [0, 0.1) is 0 Å². The Morgan fingerprint density at radius 3 is 2.53 bits per heavy atom. The van der Waals surface area contributed by atoms with Crippen molar-refractivity contribution in [3.8, 4) is 5.75 Å². The third-order valence-electron chi connectivity index (χ3n) is 6.30. The average Bonchev–Trinajstić information content (AvgIpc) is 3.35. The van der Waals surface area contributed by atoms with Gasteiger partial charge in [-0.05, 0) is 30.7 Å². The minimum absolute atomic E-state index is 0.262. The van der Waals surface area contributed by atoms with Gasteiger partial charge in [-0.15, -0.1) is 6.58 Å². The standard InChI is InChI=1S/C27H23N3O5S/c1-5-14-29-19-9-7-6-8-18(19)21(24(29)31)23-25(32)30-22(16-10-12-17(34-3)13-11-16)20(26(33)35-4)15(2)28-27(30)36-23/h5-13,22H,1,14H2,2-4H3/b23-21-/t22-/m0/s1. The number of benzene rings is 2. The van der Waals surface area contributed by atoms with Crippen LogP contribution in [0.1, 0.15) is 24.1 Å². The molecule has 2 aliphatic rings. The van der Waals surface area contributed by atoms with E-state index in [0.29, 0.717) is 39.5 Å². The summed E-state index contributed by atoms with van der Waals surface area (Å²) < 4.78 is 12.1. The van der Waals surface area contributed by atoms with Crippen molar-refractivity contribution < 1.29 is 19.1 Å². The van der Waals surface area contributed by atoms with Crippen molar-refractivity contribution >= 4 is 34.5 Å². The lowest BCUT2D eigenvalue weighted by Gasteiger charge is -2.24. The molecule has 0 fully saturated rings. The zero-order valence-electron chi connectivity index (χ0n) is 20.0. The molecule has 2 aliphatic heterocycles. The lowest BCUT2D eigenvalue weighted by Crippen LogP contribution is -2.40. The number of thiazole rings is 1. The smallest absolute Gasteiger partial charge is 0.338 e. The normalized spacial score (nSPS) is 17.9. The molecule has 3 heterocycles. The van der Waals surface area contributed by atoms with Gasteiger partial charge in [0.25, 0.3) is 11.5 Å². The van der Waals surface area contributed by atoms with E-state index >= 15 is 0 Å². The summed E-state index contributed by atoms with van der Waals surface area (Å²) in [6.07, 6.45) is 1.65. The minimum Gasteiger partial charge on any atom is -0.497 e. The van der Waals surface area contributed by atoms with Gasteiger partial charge in [-0.2, -0.15) is 0 Å². The first-order valence-corrected chi connectivity index (χ1v) is 12.0. The molecule has 0 saturated carbocycles. The summed E-state index contributed by atoms with van der Waals surface area (Å²) in [7, 11) is 2.86. The maximum absolute atomic E-state index is 14.0. The summed E-state index contributed by atoms with van der Waals surface area (Å²) in [4.78, 5) is 46.9. The number of para-hydroxylation sites is 1. The van der Waals surface area contributed by atoms with Gasteiger partial charge in [0.05, 0.1) is 42.8 Å². The average molecular weight is 502 g/mol. The van der Waals surface area contributed by atoms with Crippen molar-refractivity contribution in [2.45, 2.75) is 13.0 Å². The Kier molecular flexibility index (Phi) is 5.93. The summed E-state index contributed by atoms with van der Waals surface area (Å²) in [5.41, 5.74) is 2.73. The van der Waals surface area contributed by atoms with Gasteiger partial charge < -0.3 is 14.4 Å². The van der Waals surface area contributed by atoms with E-state index in [1.165, 1.54) is 11.7 Å². The number of esters is 1. The van der Waals surface area contributed by atoms with E-state index in [1.54, 1.807) is 49.3 Å². The van der Waals surface area contributed by atoms with Crippen molar-refractivity contribution in [1.82, 2.24) is 4.57 Å². The number of hydrogen-bond acceptors (Lipinski definition) is 7. The zero-order chi connectivity index (χ0) is 25.6. The van der Waals surface area contributed by atoms with Crippen molar-refractivity contribution in [1.29, 1.82) is 0 Å². The van der Waals surface area contributed by atoms with Crippen LogP contribution in [0.4, 0.5) is 5.69 Å². The summed E-state index contributed by atoms with van der Waals surface area (Å²) in [5, 5.41) is 0. The van der Waals surface area contributed by atoms with Gasteiger partial charge in [-0.1, -0.05) is 47.7 Å². The van der Waals surface area contributed by atoms with Crippen LogP contribution in [0.5, 0.6) is 5.75 Å². The van der Waals surface area contributed by atoms with Crippen LogP contribution >= 0.6 is 11.3 Å². The number of fused-ring (bicyclic) bond motifs is 2. The number of allylic oxidation sites excluding steroid dienone is 1. The molecule has 0 aliphatic carbocycles. The van der Waals surface area contributed by atoms with Crippen LogP contribution in [0.25, 0.3) is 5.57 Å². The molecular formula is C27H23N3O5S. The summed E-state index contributed by atoms with van der Waals surface area (Å²) >= 11 is 1.14. The Balaban J connectivity index is 1.81. The van der Waals surface area contributed by atoms with E-state index in [2.05, 4.69) is 11.6 Å². The molecule has 5 rings (SSSR count). The van der Waals surface area contributed by atoms with Gasteiger partial charge >= 0.3 is 5.97 Å². The second kappa shape index (κ2) is 9.09. The van der Waals surface area contributed by atoms with E-state index in [4.69, 9.17) is 9.47 Å². The SMILES string of the molecule is C=CCN1C(=O)/C(=c2\sc3n(c2=O)[C@@H](c2ccc(OC)cc2)C(C(=O)OC)=C(C)N=3)c2ccccc21. The fraction of sp³-hybridized carbons (Fsp3) is 0.185. The Hall–Kier alpha value is -4.24. The molecule has 1 atom stereocenters. The Bertz CT molecular complexity index is 1630. The molecule has 0 spiro atoms. The van der Waals surface area contributed by atoms with Crippen molar-refractivity contribution in [2.75, 3.05) is 25.7 Å². The molecule has 0 N–H and O–H groups in total. The number of carbonyl (C=O) groups excluding carboxylic acids is 2. The topological polar surface area (TPSA) is 90.2 Å². The predicted molar refractivity (Wildman–Crippen MR) is 137 cm³/mol. The number of ether oxygens (including phenoxy) is 2. The van der Waals surface area contributed by atoms with Crippen molar-refractivity contribution in [2.24, 2.45) is 4.99 Å². The molecule has 0 unspecified atom stereocenters. The summed E-state index contributed by atoms with van der Waals surface area (Å²) in [6, 6.07) is 13.7. The van der Waals surface area contributed by atoms with E-state index in [1.807, 2.05) is 24.3 Å². The van der Waals surface area contributed by atoms with Gasteiger partial charge in [0.2, 0.25) is 0 Å². The van der Waals surface area contributed by atoms with Gasteiger partial charge in [0.15, 0.2) is 4.80 Å². The van der Waals surface area contributed by atoms with Gasteiger partial charge in [0.1, 0.15) is 10.3 Å². The first-order valence-electron chi connectivity index (χ1n) is 11.2. The molecule has 1 aromatic heterocycles. The Morgan fingerprint density at radius 1 is 1.14 bits per heavy atom. The monoisotopic (exact) mass is 501 g/mol. The third-order valence-corrected chi connectivity index (χ3v) is 7.35. The third kappa shape index (κ3) is 3.51. The van der Waals surface area contributed by atoms with Crippen LogP contribution in [0.2, 0.25) is 0 Å². The maximum atomic E-state index is 14.0. The van der Waals surface area contributed by atoms with Crippen LogP contribution in [-0.2, 0) is 14.3 Å². The molecule has 8 nitrogen and oxygen atoms in total. The predicted octanol–water partition coefficient (Wildman–Crippen LogP) is 2.32. The fourth-order valence-electron chi connectivity index (χ4n) is 4.65. The van der Waals surface area contributed by atoms with E-state index in [9.17, 15) is 14.4 Å². The fourth-order valence-corrected chi connectivity index (χ4v) is 5.79. The first kappa shape index (κ1) is 23.5. The number of rotatable bonds is 5. The number of carbonyl (C=O) groups is 2. The molecule has 36 heavy (non-hydrogen) atoms. The van der Waals surface area contributed by atoms with Crippen molar-refractivity contribution in [3.63, 3.8) is 0 Å². The van der Waals surface area contributed by atoms with E-state index in [0.717, 1.165) is 17.0 Å². The Morgan fingerprint density at radius 2 is 1.86 bits per heavy atom. The lowest BCUT2D eigenvalue weighted by atomic mass is 9.96. The molecule has 0 bridgehead atoms. The number of methoxy groups -OCH3 is 2. The van der Waals surface area contributed by atoms with Crippen molar-refractivity contribution in [3.05, 3.63) is 103 Å². The van der Waals surface area contributed by atoms with Crippen LogP contribution < -0.4 is 24.5 Å². The molecule has 0 radical (unpaired) electrons.